The van der Waals surface area contributed by atoms with Crippen molar-refractivity contribution in [1.29, 1.82) is 0 Å². The van der Waals surface area contributed by atoms with Gasteiger partial charge in [-0.15, -0.1) is 0 Å². The van der Waals surface area contributed by atoms with Gasteiger partial charge in [-0.05, 0) is 6.42 Å². The summed E-state index contributed by atoms with van der Waals surface area (Å²) in [6.45, 7) is 8.74. The Bertz CT molecular complexity index is 337. The van der Waals surface area contributed by atoms with Crippen LogP contribution in [0.3, 0.4) is 0 Å². The number of carbonyl (C=O) groups excluding carboxylic acids is 1. The summed E-state index contributed by atoms with van der Waals surface area (Å²) < 4.78 is 4.99. The van der Waals surface area contributed by atoms with E-state index >= 15 is 0 Å². The predicted octanol–water partition coefficient (Wildman–Crippen LogP) is 2.11. The first-order valence-electron chi connectivity index (χ1n) is 5.20. The van der Waals surface area contributed by atoms with Gasteiger partial charge in [0.1, 0.15) is 0 Å². The van der Waals surface area contributed by atoms with E-state index in [0.29, 0.717) is 6.54 Å². The van der Waals surface area contributed by atoms with Crippen molar-refractivity contribution in [3.63, 3.8) is 0 Å². The van der Waals surface area contributed by atoms with E-state index in [1.165, 1.54) is 0 Å². The molecule has 1 amide bonds. The molecule has 1 rings (SSSR count). The SMILES string of the molecule is CCCNC(=O)c1cc(C(C)(C)C)no1. The second-order valence-corrected chi connectivity index (χ2v) is 4.58. The Morgan fingerprint density at radius 2 is 2.20 bits per heavy atom. The van der Waals surface area contributed by atoms with Gasteiger partial charge in [0.05, 0.1) is 5.69 Å². The molecule has 0 aliphatic carbocycles. The Morgan fingerprint density at radius 3 is 2.67 bits per heavy atom. The van der Waals surface area contributed by atoms with Crippen LogP contribution in [0, 0.1) is 0 Å². The molecule has 0 aromatic carbocycles. The number of nitrogens with one attached hydrogen (secondary N) is 1. The van der Waals surface area contributed by atoms with Crippen molar-refractivity contribution in [1.82, 2.24) is 10.5 Å². The van der Waals surface area contributed by atoms with Gasteiger partial charge in [-0.2, -0.15) is 0 Å². The van der Waals surface area contributed by atoms with Crippen LogP contribution >= 0.6 is 0 Å². The van der Waals surface area contributed by atoms with Crippen molar-refractivity contribution in [3.8, 4) is 0 Å². The summed E-state index contributed by atoms with van der Waals surface area (Å²) in [6, 6.07) is 1.70. The number of nitrogens with zero attached hydrogens (tertiary/aromatic N) is 1. The fourth-order valence-electron chi connectivity index (χ4n) is 1.06. The van der Waals surface area contributed by atoms with Gasteiger partial charge in [-0.25, -0.2) is 0 Å². The average molecular weight is 210 g/mol. The topological polar surface area (TPSA) is 55.1 Å². The minimum atomic E-state index is -0.195. The third-order valence-electron chi connectivity index (χ3n) is 2.04. The fourth-order valence-corrected chi connectivity index (χ4v) is 1.06. The van der Waals surface area contributed by atoms with E-state index in [1.54, 1.807) is 6.07 Å². The maximum Gasteiger partial charge on any atom is 0.289 e. The van der Waals surface area contributed by atoms with Gasteiger partial charge in [0.25, 0.3) is 5.91 Å². The fraction of sp³-hybridized carbons (Fsp3) is 0.636. The Morgan fingerprint density at radius 1 is 1.53 bits per heavy atom. The molecule has 0 saturated heterocycles. The number of rotatable bonds is 3. The van der Waals surface area contributed by atoms with Gasteiger partial charge in [-0.3, -0.25) is 4.79 Å². The Kier molecular flexibility index (Phi) is 3.50. The maximum absolute atomic E-state index is 11.5. The molecule has 4 nitrogen and oxygen atoms in total. The van der Waals surface area contributed by atoms with Crippen LogP contribution in [0.4, 0.5) is 0 Å². The van der Waals surface area contributed by atoms with Crippen LogP contribution in [0.5, 0.6) is 0 Å². The molecule has 1 aromatic rings. The Balaban J connectivity index is 2.72. The summed E-state index contributed by atoms with van der Waals surface area (Å²) in [5, 5.41) is 6.62. The average Bonchev–Trinajstić information content (AvgIpc) is 2.62. The molecule has 0 aliphatic heterocycles. The zero-order chi connectivity index (χ0) is 11.5. The molecule has 0 unspecified atom stereocenters. The van der Waals surface area contributed by atoms with Crippen molar-refractivity contribution >= 4 is 5.91 Å². The zero-order valence-corrected chi connectivity index (χ0v) is 9.76. The van der Waals surface area contributed by atoms with E-state index in [-0.39, 0.29) is 17.1 Å². The van der Waals surface area contributed by atoms with Crippen LogP contribution in [-0.4, -0.2) is 17.6 Å². The molecule has 0 aliphatic rings. The lowest BCUT2D eigenvalue weighted by molar-refractivity contribution is 0.0916. The van der Waals surface area contributed by atoms with Gasteiger partial charge in [0, 0.05) is 18.0 Å². The molecule has 0 bridgehead atoms. The second kappa shape index (κ2) is 4.47. The van der Waals surface area contributed by atoms with Crippen LogP contribution in [0.2, 0.25) is 0 Å². The van der Waals surface area contributed by atoms with Crippen LogP contribution in [0.25, 0.3) is 0 Å². The highest BCUT2D eigenvalue weighted by Gasteiger charge is 2.21. The molecule has 1 N–H and O–H groups in total. The summed E-state index contributed by atoms with van der Waals surface area (Å²) in [5.41, 5.74) is 0.705. The molecule has 4 heteroatoms. The lowest BCUT2D eigenvalue weighted by atomic mass is 9.92. The number of carbonyl (C=O) groups is 1. The zero-order valence-electron chi connectivity index (χ0n) is 9.76. The number of amides is 1. The summed E-state index contributed by atoms with van der Waals surface area (Å²) in [6.07, 6.45) is 0.909. The largest absolute Gasteiger partial charge is 0.351 e. The van der Waals surface area contributed by atoms with Crippen molar-refractivity contribution in [2.75, 3.05) is 6.54 Å². The van der Waals surface area contributed by atoms with E-state index in [2.05, 4.69) is 10.5 Å². The maximum atomic E-state index is 11.5. The van der Waals surface area contributed by atoms with Crippen LogP contribution in [0.15, 0.2) is 10.6 Å². The first kappa shape index (κ1) is 11.8. The minimum absolute atomic E-state index is 0.0905. The highest BCUT2D eigenvalue weighted by molar-refractivity contribution is 5.91. The second-order valence-electron chi connectivity index (χ2n) is 4.58. The lowest BCUT2D eigenvalue weighted by Crippen LogP contribution is -2.23. The normalized spacial score (nSPS) is 11.5. The first-order chi connectivity index (χ1) is 6.95. The molecule has 1 aromatic heterocycles. The Hall–Kier alpha value is -1.32. The smallest absolute Gasteiger partial charge is 0.289 e. The van der Waals surface area contributed by atoms with E-state index in [9.17, 15) is 4.79 Å². The highest BCUT2D eigenvalue weighted by atomic mass is 16.5. The quantitative estimate of drug-likeness (QED) is 0.831. The molecule has 0 fully saturated rings. The summed E-state index contributed by atoms with van der Waals surface area (Å²) >= 11 is 0. The number of aromatic nitrogens is 1. The first-order valence-corrected chi connectivity index (χ1v) is 5.20. The van der Waals surface area contributed by atoms with Crippen molar-refractivity contribution in [2.24, 2.45) is 0 Å². The number of hydrogen-bond donors (Lipinski definition) is 1. The van der Waals surface area contributed by atoms with Crippen LogP contribution in [-0.2, 0) is 5.41 Å². The highest BCUT2D eigenvalue weighted by Crippen LogP contribution is 2.21. The third-order valence-corrected chi connectivity index (χ3v) is 2.04. The van der Waals surface area contributed by atoms with E-state index in [4.69, 9.17) is 4.52 Å². The standard InChI is InChI=1S/C11H18N2O2/c1-5-6-12-10(14)8-7-9(13-15-8)11(2,3)4/h7H,5-6H2,1-4H3,(H,12,14). The minimum Gasteiger partial charge on any atom is -0.351 e. The number of hydrogen-bond acceptors (Lipinski definition) is 3. The van der Waals surface area contributed by atoms with Crippen LogP contribution < -0.4 is 5.32 Å². The van der Waals surface area contributed by atoms with E-state index in [1.807, 2.05) is 27.7 Å². The summed E-state index contributed by atoms with van der Waals surface area (Å²) in [4.78, 5) is 11.5. The molecule has 0 spiro atoms. The summed E-state index contributed by atoms with van der Waals surface area (Å²) in [7, 11) is 0. The molecule has 0 atom stereocenters. The molecule has 1 heterocycles. The van der Waals surface area contributed by atoms with E-state index < -0.39 is 0 Å². The monoisotopic (exact) mass is 210 g/mol. The van der Waals surface area contributed by atoms with Gasteiger partial charge in [0.2, 0.25) is 5.76 Å². The Labute approximate surface area is 90.0 Å². The lowest BCUT2D eigenvalue weighted by Gasteiger charge is -2.12. The molecule has 84 valence electrons. The molecule has 15 heavy (non-hydrogen) atoms. The van der Waals surface area contributed by atoms with Gasteiger partial charge >= 0.3 is 0 Å². The molecule has 0 saturated carbocycles. The van der Waals surface area contributed by atoms with Gasteiger partial charge in [-0.1, -0.05) is 32.9 Å². The summed E-state index contributed by atoms with van der Waals surface area (Å²) in [5.74, 6) is 0.0909. The van der Waals surface area contributed by atoms with Crippen molar-refractivity contribution < 1.29 is 9.32 Å². The molecular formula is C11H18N2O2. The van der Waals surface area contributed by atoms with Gasteiger partial charge < -0.3 is 9.84 Å². The molecular weight excluding hydrogens is 192 g/mol. The molecule has 0 radical (unpaired) electrons. The predicted molar refractivity (Wildman–Crippen MR) is 57.8 cm³/mol. The van der Waals surface area contributed by atoms with Crippen molar-refractivity contribution in [3.05, 3.63) is 17.5 Å². The van der Waals surface area contributed by atoms with Gasteiger partial charge in [0.15, 0.2) is 0 Å². The van der Waals surface area contributed by atoms with Crippen LogP contribution in [0.1, 0.15) is 50.4 Å². The van der Waals surface area contributed by atoms with E-state index in [0.717, 1.165) is 12.1 Å². The van der Waals surface area contributed by atoms with Crippen molar-refractivity contribution in [2.45, 2.75) is 39.5 Å². The third kappa shape index (κ3) is 3.08.